The summed E-state index contributed by atoms with van der Waals surface area (Å²) in [6.07, 6.45) is -1.11. The summed E-state index contributed by atoms with van der Waals surface area (Å²) in [4.78, 5) is 72.7. The second-order valence-corrected chi connectivity index (χ2v) is 10.0. The number of benzene rings is 1. The molecular formula is C20H22I3N3O9. The fourth-order valence-corrected chi connectivity index (χ4v) is 7.00. The Morgan fingerprint density at radius 2 is 1.43 bits per heavy atom. The molecule has 1 aromatic rings. The molecule has 2 N–H and O–H groups in total. The third kappa shape index (κ3) is 8.99. The number of hydrogen-bond donors (Lipinski definition) is 2. The van der Waals surface area contributed by atoms with Crippen molar-refractivity contribution in [3.8, 4) is 5.75 Å². The number of nitrogens with one attached hydrogen (secondary N) is 2. The van der Waals surface area contributed by atoms with E-state index >= 15 is 0 Å². The lowest BCUT2D eigenvalue weighted by Crippen LogP contribution is -2.51. The molecule has 0 fully saturated rings. The number of carbonyl (C=O) groups is 6. The second-order valence-electron chi connectivity index (χ2n) is 6.81. The Kier molecular flexibility index (Phi) is 12.6. The van der Waals surface area contributed by atoms with Crippen molar-refractivity contribution in [3.63, 3.8) is 0 Å². The minimum Gasteiger partial charge on any atom is -0.462 e. The summed E-state index contributed by atoms with van der Waals surface area (Å²) >= 11 is 5.47. The number of amides is 3. The van der Waals surface area contributed by atoms with Gasteiger partial charge >= 0.3 is 17.9 Å². The van der Waals surface area contributed by atoms with Crippen LogP contribution in [-0.4, -0.2) is 66.9 Å². The summed E-state index contributed by atoms with van der Waals surface area (Å²) in [6.45, 7) is 3.87. The molecule has 0 bridgehead atoms. The van der Waals surface area contributed by atoms with E-state index < -0.39 is 41.7 Å². The molecule has 0 aromatic heterocycles. The number of rotatable bonds is 8. The lowest BCUT2D eigenvalue weighted by Gasteiger charge is -2.28. The second kappa shape index (κ2) is 14.1. The Morgan fingerprint density at radius 3 is 1.89 bits per heavy atom. The molecule has 12 nitrogen and oxygen atoms in total. The molecule has 0 aliphatic rings. The number of nitrogens with zero attached hydrogens (tertiary/aromatic N) is 1. The number of ether oxygens (including phenoxy) is 3. The molecule has 0 spiro atoms. The molecule has 0 saturated heterocycles. The molecule has 3 amide bonds. The third-order valence-corrected chi connectivity index (χ3v) is 7.06. The van der Waals surface area contributed by atoms with Crippen molar-refractivity contribution < 1.29 is 43.0 Å². The highest BCUT2D eigenvalue weighted by molar-refractivity contribution is 14.1. The summed E-state index contributed by atoms with van der Waals surface area (Å²) < 4.78 is 16.1. The molecule has 0 aliphatic carbocycles. The highest BCUT2D eigenvalue weighted by Gasteiger charge is 2.33. The molecule has 192 valence electrons. The van der Waals surface area contributed by atoms with Crippen molar-refractivity contribution >= 4 is 103 Å². The molecule has 1 rings (SSSR count). The number of hydrogen-bond acceptors (Lipinski definition) is 9. The maximum atomic E-state index is 13.7. The van der Waals surface area contributed by atoms with E-state index in [1.165, 1.54) is 14.0 Å². The molecule has 0 radical (unpaired) electrons. The van der Waals surface area contributed by atoms with Crippen molar-refractivity contribution in [3.05, 3.63) is 21.8 Å². The maximum Gasteiger partial charge on any atom is 0.308 e. The molecule has 0 saturated carbocycles. The van der Waals surface area contributed by atoms with E-state index in [0.717, 1.165) is 25.8 Å². The first-order valence-corrected chi connectivity index (χ1v) is 12.9. The van der Waals surface area contributed by atoms with E-state index in [9.17, 15) is 28.8 Å². The quantitative estimate of drug-likeness (QED) is 0.173. The summed E-state index contributed by atoms with van der Waals surface area (Å²) in [5.41, 5.74) is 2.41. The van der Waals surface area contributed by atoms with Crippen LogP contribution in [0, 0.1) is 10.7 Å². The highest BCUT2D eigenvalue weighted by atomic mass is 127. The van der Waals surface area contributed by atoms with Gasteiger partial charge in [-0.05, 0) is 67.8 Å². The Labute approximate surface area is 241 Å². The van der Waals surface area contributed by atoms with Gasteiger partial charge in [0, 0.05) is 38.3 Å². The van der Waals surface area contributed by atoms with Gasteiger partial charge in [-0.3, -0.25) is 34.2 Å². The molecule has 35 heavy (non-hydrogen) atoms. The molecule has 15 heteroatoms. The van der Waals surface area contributed by atoms with Crippen LogP contribution < -0.4 is 15.5 Å². The van der Waals surface area contributed by atoms with Crippen LogP contribution in [0.5, 0.6) is 5.75 Å². The van der Waals surface area contributed by atoms with Crippen LogP contribution in [0.2, 0.25) is 0 Å². The number of esters is 3. The number of halogens is 3. The maximum absolute atomic E-state index is 13.7. The smallest absolute Gasteiger partial charge is 0.308 e. The van der Waals surface area contributed by atoms with Crippen LogP contribution in [0.3, 0.4) is 0 Å². The van der Waals surface area contributed by atoms with Gasteiger partial charge in [0.1, 0.15) is 6.61 Å². The molecular weight excluding hydrogens is 807 g/mol. The predicted octanol–water partition coefficient (Wildman–Crippen LogP) is 1.77. The standard InChI is InChI=1S/C20H22I3N3O9/c1-8(27)25-26(6-12(34-10(3)29)7-33-9(2)28)20(32)14-15(21)13(19(31)24-5)16(22)18(17(14)23)35-11(4)30/h12H,6-7H2,1-5H3,(H,24,31)(H,25,27). The van der Waals surface area contributed by atoms with Gasteiger partial charge in [0.15, 0.2) is 11.9 Å². The summed E-state index contributed by atoms with van der Waals surface area (Å²) in [6, 6.07) is 0. The minimum atomic E-state index is -1.11. The zero-order valence-electron chi connectivity index (χ0n) is 19.2. The largest absolute Gasteiger partial charge is 0.462 e. The third-order valence-electron chi connectivity index (χ3n) is 3.92. The normalized spacial score (nSPS) is 11.1. The van der Waals surface area contributed by atoms with Crippen molar-refractivity contribution in [1.82, 2.24) is 15.8 Å². The summed E-state index contributed by atoms with van der Waals surface area (Å²) in [5, 5.41) is 3.35. The molecule has 1 atom stereocenters. The first kappa shape index (κ1) is 31.3. The van der Waals surface area contributed by atoms with Gasteiger partial charge < -0.3 is 19.5 Å². The number of carbonyl (C=O) groups excluding carboxylic acids is 6. The van der Waals surface area contributed by atoms with E-state index in [4.69, 9.17) is 14.2 Å². The highest BCUT2D eigenvalue weighted by Crippen LogP contribution is 2.38. The molecule has 1 aromatic carbocycles. The van der Waals surface area contributed by atoms with Crippen LogP contribution in [0.1, 0.15) is 48.4 Å². The van der Waals surface area contributed by atoms with Crippen LogP contribution in [-0.2, 0) is 28.7 Å². The Balaban J connectivity index is 3.68. The van der Waals surface area contributed by atoms with Crippen molar-refractivity contribution in [2.45, 2.75) is 33.8 Å². The predicted molar refractivity (Wildman–Crippen MR) is 146 cm³/mol. The fourth-order valence-electron chi connectivity index (χ4n) is 2.66. The van der Waals surface area contributed by atoms with Crippen molar-refractivity contribution in [2.24, 2.45) is 0 Å². The summed E-state index contributed by atoms with van der Waals surface area (Å²) in [7, 11) is 1.40. The minimum absolute atomic E-state index is 0.000269. The van der Waals surface area contributed by atoms with E-state index in [-0.39, 0.29) is 37.2 Å². The van der Waals surface area contributed by atoms with E-state index in [1.54, 1.807) is 22.6 Å². The van der Waals surface area contributed by atoms with Gasteiger partial charge in [0.2, 0.25) is 5.91 Å². The molecule has 0 aliphatic heterocycles. The Bertz CT molecular complexity index is 1060. The van der Waals surface area contributed by atoms with Crippen LogP contribution in [0.15, 0.2) is 0 Å². The Morgan fingerprint density at radius 1 is 0.857 bits per heavy atom. The molecule has 1 unspecified atom stereocenters. The summed E-state index contributed by atoms with van der Waals surface area (Å²) in [5.74, 6) is -3.94. The lowest BCUT2D eigenvalue weighted by molar-refractivity contribution is -0.157. The first-order valence-electron chi connectivity index (χ1n) is 9.71. The van der Waals surface area contributed by atoms with Gasteiger partial charge in [-0.15, -0.1) is 0 Å². The van der Waals surface area contributed by atoms with Gasteiger partial charge in [0.25, 0.3) is 11.8 Å². The Hall–Kier alpha value is -1.77. The van der Waals surface area contributed by atoms with Gasteiger partial charge in [0.05, 0.1) is 24.8 Å². The van der Waals surface area contributed by atoms with E-state index in [2.05, 4.69) is 10.7 Å². The number of hydrazine groups is 1. The van der Waals surface area contributed by atoms with Gasteiger partial charge in [-0.1, -0.05) is 0 Å². The fraction of sp³-hybridized carbons (Fsp3) is 0.400. The van der Waals surface area contributed by atoms with Gasteiger partial charge in [-0.2, -0.15) is 0 Å². The molecule has 0 heterocycles. The zero-order chi connectivity index (χ0) is 27.0. The average Bonchev–Trinajstić information content (AvgIpc) is 2.73. The SMILES string of the molecule is CNC(=O)c1c(I)c(OC(C)=O)c(I)c(C(=O)N(CC(COC(C)=O)OC(C)=O)NC(C)=O)c1I. The van der Waals surface area contributed by atoms with Gasteiger partial charge in [-0.25, -0.2) is 5.01 Å². The van der Waals surface area contributed by atoms with Crippen LogP contribution in [0.4, 0.5) is 0 Å². The average molecular weight is 829 g/mol. The first-order chi connectivity index (χ1) is 16.2. The topological polar surface area (TPSA) is 157 Å². The monoisotopic (exact) mass is 829 g/mol. The van der Waals surface area contributed by atoms with E-state index in [1.807, 2.05) is 45.2 Å². The van der Waals surface area contributed by atoms with Crippen LogP contribution >= 0.6 is 67.8 Å². The van der Waals surface area contributed by atoms with Crippen LogP contribution in [0.25, 0.3) is 0 Å². The van der Waals surface area contributed by atoms with Crippen molar-refractivity contribution in [1.29, 1.82) is 0 Å². The zero-order valence-corrected chi connectivity index (χ0v) is 25.7. The van der Waals surface area contributed by atoms with E-state index in [0.29, 0.717) is 3.57 Å². The lowest BCUT2D eigenvalue weighted by atomic mass is 10.1. The van der Waals surface area contributed by atoms with Crippen molar-refractivity contribution in [2.75, 3.05) is 20.2 Å².